The Morgan fingerprint density at radius 2 is 1.68 bits per heavy atom. The highest BCUT2D eigenvalue weighted by molar-refractivity contribution is 6.42. The summed E-state index contributed by atoms with van der Waals surface area (Å²) in [5, 5.41) is 5.89. The van der Waals surface area contributed by atoms with Crippen LogP contribution in [0, 0.1) is 0 Å². The molecule has 0 fully saturated rings. The van der Waals surface area contributed by atoms with Crippen LogP contribution in [0.2, 0.25) is 10.0 Å². The normalized spacial score (nSPS) is 10.6. The maximum absolute atomic E-state index is 12.4. The summed E-state index contributed by atoms with van der Waals surface area (Å²) in [6.07, 6.45) is 0. The molecule has 3 aromatic rings. The summed E-state index contributed by atoms with van der Waals surface area (Å²) in [6, 6.07) is 18.9. The monoisotopic (exact) mass is 329 g/mol. The van der Waals surface area contributed by atoms with E-state index in [-0.39, 0.29) is 5.91 Å². The fourth-order valence-corrected chi connectivity index (χ4v) is 2.67. The third-order valence-electron chi connectivity index (χ3n) is 3.47. The number of rotatable bonds is 3. The van der Waals surface area contributed by atoms with Crippen LogP contribution in [0.25, 0.3) is 10.8 Å². The average Bonchev–Trinajstić information content (AvgIpc) is 2.55. The summed E-state index contributed by atoms with van der Waals surface area (Å²) >= 11 is 11.9. The SMILES string of the molecule is O=C(NCc1ccc(Cl)c(Cl)c1)c1cccc2ccccc12. The first kappa shape index (κ1) is 14.9. The second kappa shape index (κ2) is 6.39. The van der Waals surface area contributed by atoms with Crippen LogP contribution in [-0.2, 0) is 6.54 Å². The van der Waals surface area contributed by atoms with Gasteiger partial charge in [-0.1, -0.05) is 65.7 Å². The Morgan fingerprint density at radius 3 is 2.50 bits per heavy atom. The molecule has 110 valence electrons. The molecule has 0 aromatic heterocycles. The predicted molar refractivity (Wildman–Crippen MR) is 91.6 cm³/mol. The lowest BCUT2D eigenvalue weighted by atomic mass is 10.0. The van der Waals surface area contributed by atoms with Crippen molar-refractivity contribution in [1.82, 2.24) is 5.32 Å². The van der Waals surface area contributed by atoms with Crippen LogP contribution in [0.15, 0.2) is 60.7 Å². The maximum atomic E-state index is 12.4. The summed E-state index contributed by atoms with van der Waals surface area (Å²) in [7, 11) is 0. The van der Waals surface area contributed by atoms with Crippen molar-refractivity contribution in [3.05, 3.63) is 81.8 Å². The van der Waals surface area contributed by atoms with E-state index >= 15 is 0 Å². The molecule has 2 nitrogen and oxygen atoms in total. The van der Waals surface area contributed by atoms with Crippen molar-refractivity contribution in [3.8, 4) is 0 Å². The summed E-state index contributed by atoms with van der Waals surface area (Å²) in [4.78, 5) is 12.4. The van der Waals surface area contributed by atoms with E-state index in [1.165, 1.54) is 0 Å². The van der Waals surface area contributed by atoms with E-state index in [4.69, 9.17) is 23.2 Å². The molecule has 0 aliphatic rings. The first-order valence-corrected chi connectivity index (χ1v) is 7.60. The highest BCUT2D eigenvalue weighted by Gasteiger charge is 2.09. The minimum atomic E-state index is -0.108. The lowest BCUT2D eigenvalue weighted by Crippen LogP contribution is -2.23. The zero-order valence-corrected chi connectivity index (χ0v) is 13.2. The van der Waals surface area contributed by atoms with Gasteiger partial charge in [-0.3, -0.25) is 4.79 Å². The van der Waals surface area contributed by atoms with Crippen molar-refractivity contribution >= 4 is 39.9 Å². The van der Waals surface area contributed by atoms with Gasteiger partial charge >= 0.3 is 0 Å². The highest BCUT2D eigenvalue weighted by atomic mass is 35.5. The molecule has 0 aliphatic carbocycles. The van der Waals surface area contributed by atoms with Crippen LogP contribution < -0.4 is 5.32 Å². The Balaban J connectivity index is 1.80. The quantitative estimate of drug-likeness (QED) is 0.713. The van der Waals surface area contributed by atoms with Gasteiger partial charge in [0.25, 0.3) is 5.91 Å². The predicted octanol–water partition coefficient (Wildman–Crippen LogP) is 5.08. The van der Waals surface area contributed by atoms with Crippen LogP contribution in [0.3, 0.4) is 0 Å². The van der Waals surface area contributed by atoms with E-state index in [9.17, 15) is 4.79 Å². The molecule has 3 rings (SSSR count). The number of fused-ring (bicyclic) bond motifs is 1. The molecule has 0 spiro atoms. The van der Waals surface area contributed by atoms with Crippen LogP contribution >= 0.6 is 23.2 Å². The molecule has 3 aromatic carbocycles. The second-order valence-electron chi connectivity index (χ2n) is 4.96. The molecule has 0 bridgehead atoms. The second-order valence-corrected chi connectivity index (χ2v) is 5.77. The number of carbonyl (C=O) groups is 1. The van der Waals surface area contributed by atoms with Crippen LogP contribution in [-0.4, -0.2) is 5.91 Å². The Kier molecular flexibility index (Phi) is 4.32. The van der Waals surface area contributed by atoms with Gasteiger partial charge in [-0.15, -0.1) is 0 Å². The zero-order chi connectivity index (χ0) is 15.5. The van der Waals surface area contributed by atoms with Gasteiger partial charge in [-0.05, 0) is 34.5 Å². The van der Waals surface area contributed by atoms with Gasteiger partial charge in [-0.25, -0.2) is 0 Å². The topological polar surface area (TPSA) is 29.1 Å². The Labute approximate surface area is 138 Å². The van der Waals surface area contributed by atoms with E-state index in [2.05, 4.69) is 5.32 Å². The first-order valence-electron chi connectivity index (χ1n) is 6.85. The van der Waals surface area contributed by atoms with E-state index in [1.807, 2.05) is 48.5 Å². The van der Waals surface area contributed by atoms with Gasteiger partial charge in [0.1, 0.15) is 0 Å². The molecular weight excluding hydrogens is 317 g/mol. The molecule has 0 saturated heterocycles. The standard InChI is InChI=1S/C18H13Cl2NO/c19-16-9-8-12(10-17(16)20)11-21-18(22)15-7-3-5-13-4-1-2-6-14(13)15/h1-10H,11H2,(H,21,22). The zero-order valence-electron chi connectivity index (χ0n) is 11.6. The molecule has 0 heterocycles. The van der Waals surface area contributed by atoms with E-state index < -0.39 is 0 Å². The fraction of sp³-hybridized carbons (Fsp3) is 0.0556. The molecule has 0 aliphatic heterocycles. The summed E-state index contributed by atoms with van der Waals surface area (Å²) < 4.78 is 0. The minimum absolute atomic E-state index is 0.108. The first-order chi connectivity index (χ1) is 10.6. The van der Waals surface area contributed by atoms with E-state index in [0.717, 1.165) is 16.3 Å². The van der Waals surface area contributed by atoms with Crippen LogP contribution in [0.4, 0.5) is 0 Å². The molecule has 22 heavy (non-hydrogen) atoms. The van der Waals surface area contributed by atoms with E-state index in [0.29, 0.717) is 22.2 Å². The number of amides is 1. The molecule has 1 N–H and O–H groups in total. The Bertz CT molecular complexity index is 840. The van der Waals surface area contributed by atoms with Crippen LogP contribution in [0.1, 0.15) is 15.9 Å². The highest BCUT2D eigenvalue weighted by Crippen LogP contribution is 2.23. The number of carbonyl (C=O) groups excluding carboxylic acids is 1. The third-order valence-corrected chi connectivity index (χ3v) is 4.21. The van der Waals surface area contributed by atoms with Gasteiger partial charge in [-0.2, -0.15) is 0 Å². The van der Waals surface area contributed by atoms with Crippen molar-refractivity contribution in [3.63, 3.8) is 0 Å². The number of hydrogen-bond donors (Lipinski definition) is 1. The number of nitrogens with one attached hydrogen (secondary N) is 1. The fourth-order valence-electron chi connectivity index (χ4n) is 2.35. The third kappa shape index (κ3) is 3.08. The van der Waals surface area contributed by atoms with Crippen molar-refractivity contribution in [1.29, 1.82) is 0 Å². The smallest absolute Gasteiger partial charge is 0.252 e. The molecule has 0 unspecified atom stereocenters. The Hall–Kier alpha value is -2.03. The van der Waals surface area contributed by atoms with Crippen molar-refractivity contribution in [2.45, 2.75) is 6.54 Å². The molecule has 0 atom stereocenters. The average molecular weight is 330 g/mol. The molecular formula is C18H13Cl2NO. The number of halogens is 2. The molecule has 0 radical (unpaired) electrons. The molecule has 4 heteroatoms. The number of benzene rings is 3. The van der Waals surface area contributed by atoms with Crippen molar-refractivity contribution in [2.24, 2.45) is 0 Å². The molecule has 0 saturated carbocycles. The largest absolute Gasteiger partial charge is 0.348 e. The molecule has 1 amide bonds. The van der Waals surface area contributed by atoms with Gasteiger partial charge in [0.2, 0.25) is 0 Å². The lowest BCUT2D eigenvalue weighted by Gasteiger charge is -2.09. The van der Waals surface area contributed by atoms with Gasteiger partial charge in [0, 0.05) is 12.1 Å². The van der Waals surface area contributed by atoms with Crippen molar-refractivity contribution in [2.75, 3.05) is 0 Å². The van der Waals surface area contributed by atoms with Gasteiger partial charge in [0.05, 0.1) is 10.0 Å². The maximum Gasteiger partial charge on any atom is 0.252 e. The Morgan fingerprint density at radius 1 is 0.909 bits per heavy atom. The summed E-state index contributed by atoms with van der Waals surface area (Å²) in [5.74, 6) is -0.108. The van der Waals surface area contributed by atoms with Gasteiger partial charge < -0.3 is 5.32 Å². The van der Waals surface area contributed by atoms with E-state index in [1.54, 1.807) is 12.1 Å². The van der Waals surface area contributed by atoms with Crippen molar-refractivity contribution < 1.29 is 4.79 Å². The minimum Gasteiger partial charge on any atom is -0.348 e. The lowest BCUT2D eigenvalue weighted by molar-refractivity contribution is 0.0952. The van der Waals surface area contributed by atoms with Gasteiger partial charge in [0.15, 0.2) is 0 Å². The number of hydrogen-bond acceptors (Lipinski definition) is 1. The summed E-state index contributed by atoms with van der Waals surface area (Å²) in [5.41, 5.74) is 1.57. The summed E-state index contributed by atoms with van der Waals surface area (Å²) in [6.45, 7) is 0.402. The van der Waals surface area contributed by atoms with Crippen LogP contribution in [0.5, 0.6) is 0 Å².